The van der Waals surface area contributed by atoms with E-state index in [0.29, 0.717) is 11.3 Å². The smallest absolute Gasteiger partial charge is 0.251 e. The van der Waals surface area contributed by atoms with Crippen LogP contribution in [0.25, 0.3) is 0 Å². The van der Waals surface area contributed by atoms with Gasteiger partial charge >= 0.3 is 0 Å². The molecule has 128 valence electrons. The Kier molecular flexibility index (Phi) is 5.96. The number of rotatable bonds is 6. The van der Waals surface area contributed by atoms with Crippen molar-refractivity contribution in [2.75, 3.05) is 5.75 Å². The molecule has 1 aromatic heterocycles. The van der Waals surface area contributed by atoms with Crippen LogP contribution in [0.1, 0.15) is 48.5 Å². The molecule has 0 spiro atoms. The van der Waals surface area contributed by atoms with E-state index in [1.165, 1.54) is 19.3 Å². The summed E-state index contributed by atoms with van der Waals surface area (Å²) in [5, 5.41) is 3.83. The molecule has 0 radical (unpaired) electrons. The van der Waals surface area contributed by atoms with Gasteiger partial charge in [0.2, 0.25) is 0 Å². The molecule has 0 saturated heterocycles. The minimum atomic E-state index is 0.0519. The van der Waals surface area contributed by atoms with E-state index in [4.69, 9.17) is 0 Å². The molecule has 1 saturated carbocycles. The highest BCUT2D eigenvalue weighted by atomic mass is 32.2. The van der Waals surface area contributed by atoms with Crippen LogP contribution in [0, 0.1) is 0 Å². The summed E-state index contributed by atoms with van der Waals surface area (Å²) in [6.07, 6.45) is 10.3. The van der Waals surface area contributed by atoms with Crippen LogP contribution < -0.4 is 5.32 Å². The number of nitrogens with zero attached hydrogens (tertiary/aromatic N) is 2. The first-order valence-electron chi connectivity index (χ1n) is 8.73. The van der Waals surface area contributed by atoms with Gasteiger partial charge in [-0.2, -0.15) is 11.8 Å². The highest BCUT2D eigenvalue weighted by molar-refractivity contribution is 7.99. The van der Waals surface area contributed by atoms with Crippen molar-refractivity contribution in [3.63, 3.8) is 0 Å². The number of aromatic nitrogens is 2. The van der Waals surface area contributed by atoms with Gasteiger partial charge in [-0.25, -0.2) is 4.98 Å². The third-order valence-electron chi connectivity index (χ3n) is 4.51. The van der Waals surface area contributed by atoms with E-state index >= 15 is 0 Å². The number of hydrogen-bond acceptors (Lipinski definition) is 3. The first kappa shape index (κ1) is 17.1. The number of nitrogens with one attached hydrogen (secondary N) is 1. The van der Waals surface area contributed by atoms with Crippen molar-refractivity contribution in [3.05, 3.63) is 54.1 Å². The Balaban J connectivity index is 1.65. The molecule has 1 heterocycles. The average Bonchev–Trinajstić information content (AvgIpc) is 3.10. The van der Waals surface area contributed by atoms with E-state index < -0.39 is 0 Å². The number of carbonyl (C=O) groups excluding carboxylic acids is 1. The van der Waals surface area contributed by atoms with Gasteiger partial charge in [-0.05, 0) is 36.3 Å². The molecule has 1 aliphatic carbocycles. The highest BCUT2D eigenvalue weighted by Crippen LogP contribution is 2.28. The third-order valence-corrected chi connectivity index (χ3v) is 5.84. The standard InChI is InChI=1S/C19H25N3OS/c1-2-24-18-9-4-3-8-17(18)21-19(23)16-7-5-6-15(12-16)13-22-11-10-20-14-22/h5-7,10-12,14,17-18H,2-4,8-9,13H2,1H3,(H,21,23)/t17-,18+/m1/s1. The van der Waals surface area contributed by atoms with Crippen molar-refractivity contribution in [2.45, 2.75) is 50.4 Å². The normalized spacial score (nSPS) is 20.7. The van der Waals surface area contributed by atoms with Gasteiger partial charge < -0.3 is 9.88 Å². The molecule has 1 fully saturated rings. The van der Waals surface area contributed by atoms with E-state index in [1.54, 1.807) is 12.5 Å². The summed E-state index contributed by atoms with van der Waals surface area (Å²) in [7, 11) is 0. The van der Waals surface area contributed by atoms with E-state index in [9.17, 15) is 4.79 Å². The second-order valence-electron chi connectivity index (χ2n) is 6.29. The number of hydrogen-bond donors (Lipinski definition) is 1. The Morgan fingerprint density at radius 1 is 1.38 bits per heavy atom. The summed E-state index contributed by atoms with van der Waals surface area (Å²) in [5.41, 5.74) is 1.86. The van der Waals surface area contributed by atoms with Gasteiger partial charge in [0.25, 0.3) is 5.91 Å². The van der Waals surface area contributed by atoms with Crippen molar-refractivity contribution < 1.29 is 4.79 Å². The zero-order valence-electron chi connectivity index (χ0n) is 14.1. The fraction of sp³-hybridized carbons (Fsp3) is 0.474. The lowest BCUT2D eigenvalue weighted by atomic mass is 9.94. The van der Waals surface area contributed by atoms with Gasteiger partial charge in [-0.15, -0.1) is 0 Å². The van der Waals surface area contributed by atoms with Crippen LogP contribution in [-0.2, 0) is 6.54 Å². The molecular formula is C19H25N3OS. The van der Waals surface area contributed by atoms with Crippen LogP contribution in [0.2, 0.25) is 0 Å². The molecule has 3 rings (SSSR count). The number of thioether (sulfide) groups is 1. The molecule has 1 N–H and O–H groups in total. The van der Waals surface area contributed by atoms with E-state index in [0.717, 1.165) is 29.8 Å². The molecular weight excluding hydrogens is 318 g/mol. The van der Waals surface area contributed by atoms with Crippen LogP contribution in [-0.4, -0.2) is 32.5 Å². The molecule has 2 atom stereocenters. The summed E-state index contributed by atoms with van der Waals surface area (Å²) in [5.74, 6) is 1.16. The molecule has 1 amide bonds. The van der Waals surface area contributed by atoms with E-state index in [2.05, 4.69) is 17.2 Å². The number of imidazole rings is 1. The van der Waals surface area contributed by atoms with Crippen LogP contribution in [0.3, 0.4) is 0 Å². The summed E-state index contributed by atoms with van der Waals surface area (Å²) in [6.45, 7) is 2.93. The Bertz CT molecular complexity index is 654. The average molecular weight is 343 g/mol. The maximum Gasteiger partial charge on any atom is 0.251 e. The zero-order valence-corrected chi connectivity index (χ0v) is 15.0. The van der Waals surface area contributed by atoms with Gasteiger partial charge in [0, 0.05) is 35.8 Å². The van der Waals surface area contributed by atoms with Gasteiger partial charge in [0.1, 0.15) is 0 Å². The zero-order chi connectivity index (χ0) is 16.8. The Morgan fingerprint density at radius 3 is 3.04 bits per heavy atom. The largest absolute Gasteiger partial charge is 0.348 e. The number of amides is 1. The molecule has 1 aliphatic rings. The van der Waals surface area contributed by atoms with Crippen LogP contribution in [0.4, 0.5) is 0 Å². The number of carbonyl (C=O) groups is 1. The van der Waals surface area contributed by atoms with Crippen molar-refractivity contribution >= 4 is 17.7 Å². The molecule has 24 heavy (non-hydrogen) atoms. The van der Waals surface area contributed by atoms with Gasteiger partial charge in [0.05, 0.1) is 6.33 Å². The monoisotopic (exact) mass is 343 g/mol. The predicted octanol–water partition coefficient (Wildman–Crippen LogP) is 3.73. The first-order valence-corrected chi connectivity index (χ1v) is 9.78. The Morgan fingerprint density at radius 2 is 2.25 bits per heavy atom. The minimum Gasteiger partial charge on any atom is -0.348 e. The molecule has 0 aliphatic heterocycles. The summed E-state index contributed by atoms with van der Waals surface area (Å²) in [4.78, 5) is 16.7. The lowest BCUT2D eigenvalue weighted by Gasteiger charge is -2.31. The molecule has 0 bridgehead atoms. The summed E-state index contributed by atoms with van der Waals surface area (Å²) < 4.78 is 2.01. The van der Waals surface area contributed by atoms with Crippen molar-refractivity contribution in [1.29, 1.82) is 0 Å². The second-order valence-corrected chi connectivity index (χ2v) is 7.81. The minimum absolute atomic E-state index is 0.0519. The number of benzene rings is 1. The van der Waals surface area contributed by atoms with Gasteiger partial charge in [-0.3, -0.25) is 4.79 Å². The SMILES string of the molecule is CCS[C@H]1CCCC[C@H]1NC(=O)c1cccc(Cn2ccnc2)c1. The summed E-state index contributed by atoms with van der Waals surface area (Å²) >= 11 is 1.98. The summed E-state index contributed by atoms with van der Waals surface area (Å²) in [6, 6.07) is 8.19. The highest BCUT2D eigenvalue weighted by Gasteiger charge is 2.26. The maximum absolute atomic E-state index is 12.7. The quantitative estimate of drug-likeness (QED) is 0.869. The third kappa shape index (κ3) is 4.41. The lowest BCUT2D eigenvalue weighted by Crippen LogP contribution is -2.43. The Labute approximate surface area is 148 Å². The van der Waals surface area contributed by atoms with Crippen molar-refractivity contribution in [1.82, 2.24) is 14.9 Å². The molecule has 0 unspecified atom stereocenters. The Hall–Kier alpha value is -1.75. The maximum atomic E-state index is 12.7. The van der Waals surface area contributed by atoms with Gasteiger partial charge in [-0.1, -0.05) is 31.9 Å². The van der Waals surface area contributed by atoms with E-state index in [-0.39, 0.29) is 5.91 Å². The molecule has 2 aromatic rings. The van der Waals surface area contributed by atoms with Crippen LogP contribution in [0.5, 0.6) is 0 Å². The fourth-order valence-electron chi connectivity index (χ4n) is 3.33. The van der Waals surface area contributed by atoms with Crippen molar-refractivity contribution in [2.24, 2.45) is 0 Å². The lowest BCUT2D eigenvalue weighted by molar-refractivity contribution is 0.0929. The predicted molar refractivity (Wildman–Crippen MR) is 99.4 cm³/mol. The second kappa shape index (κ2) is 8.38. The van der Waals surface area contributed by atoms with Crippen LogP contribution >= 0.6 is 11.8 Å². The van der Waals surface area contributed by atoms with Crippen molar-refractivity contribution in [3.8, 4) is 0 Å². The molecule has 4 nitrogen and oxygen atoms in total. The molecule has 5 heteroatoms. The van der Waals surface area contributed by atoms with Crippen LogP contribution in [0.15, 0.2) is 43.0 Å². The topological polar surface area (TPSA) is 46.9 Å². The molecule has 1 aromatic carbocycles. The first-order chi connectivity index (χ1) is 11.8. The fourth-order valence-corrected chi connectivity index (χ4v) is 4.53. The van der Waals surface area contributed by atoms with E-state index in [1.807, 2.05) is 46.8 Å². The van der Waals surface area contributed by atoms with Gasteiger partial charge in [0.15, 0.2) is 0 Å².